The fourth-order valence-corrected chi connectivity index (χ4v) is 7.46. The molecule has 0 N–H and O–H groups in total. The number of benzene rings is 1. The van der Waals surface area contributed by atoms with Crippen LogP contribution in [0.2, 0.25) is 8.45 Å². The summed E-state index contributed by atoms with van der Waals surface area (Å²) in [5.74, 6) is -2.36. The van der Waals surface area contributed by atoms with Crippen molar-refractivity contribution in [1.82, 2.24) is 0 Å². The minimum absolute atomic E-state index is 0.0712. The van der Waals surface area contributed by atoms with Crippen LogP contribution in [-0.4, -0.2) is 0 Å². The van der Waals surface area contributed by atoms with Gasteiger partial charge in [-0.1, -0.05) is 0 Å². The van der Waals surface area contributed by atoms with Crippen LogP contribution in [0.3, 0.4) is 0 Å². The van der Waals surface area contributed by atoms with Crippen LogP contribution in [0.25, 0.3) is 0 Å². The molecule has 0 heterocycles. The van der Waals surface area contributed by atoms with Crippen molar-refractivity contribution in [2.75, 3.05) is 0 Å². The molecule has 0 unspecified atom stereocenters. The Hall–Kier alpha value is -1.32. The van der Waals surface area contributed by atoms with Crippen molar-refractivity contribution >= 4 is 3.87 Å². The van der Waals surface area contributed by atoms with E-state index in [0.717, 1.165) is 12.1 Å². The van der Waals surface area contributed by atoms with Crippen LogP contribution in [0.5, 0.6) is 0 Å². The van der Waals surface area contributed by atoms with Gasteiger partial charge in [0.05, 0.1) is 0 Å². The molecule has 0 radical (unpaired) electrons. The van der Waals surface area contributed by atoms with E-state index in [9.17, 15) is 13.2 Å². The zero-order valence-electron chi connectivity index (χ0n) is 10.6. The zero-order valence-corrected chi connectivity index (χ0v) is 12.1. The second-order valence-corrected chi connectivity index (χ2v) is 9.08. The Bertz CT molecular complexity index is 568. The Kier molecular flexibility index (Phi) is 3.81. The summed E-state index contributed by atoms with van der Waals surface area (Å²) in [4.78, 5) is 0. The number of allylic oxidation sites excluding steroid dienone is 8. The van der Waals surface area contributed by atoms with Crippen LogP contribution in [0.1, 0.15) is 0 Å². The molecule has 0 saturated carbocycles. The van der Waals surface area contributed by atoms with Gasteiger partial charge in [0.2, 0.25) is 0 Å². The first kappa shape index (κ1) is 13.7. The zero-order chi connectivity index (χ0) is 14.1. The molecule has 0 bridgehead atoms. The maximum atomic E-state index is 14.1. The normalized spacial score (nSPS) is 17.6. The van der Waals surface area contributed by atoms with Crippen LogP contribution in [0.4, 0.5) is 13.2 Å². The molecule has 20 heavy (non-hydrogen) atoms. The quantitative estimate of drug-likeness (QED) is 0.735. The van der Waals surface area contributed by atoms with Crippen LogP contribution in [0.15, 0.2) is 60.7 Å². The van der Waals surface area contributed by atoms with Crippen LogP contribution < -0.4 is 3.87 Å². The third-order valence-electron chi connectivity index (χ3n) is 3.51. The summed E-state index contributed by atoms with van der Waals surface area (Å²) in [6.45, 7) is 0. The van der Waals surface area contributed by atoms with E-state index in [1.54, 1.807) is 0 Å². The van der Waals surface area contributed by atoms with Gasteiger partial charge in [-0.25, -0.2) is 0 Å². The fourth-order valence-electron chi connectivity index (χ4n) is 2.65. The second kappa shape index (κ2) is 5.59. The third-order valence-corrected chi connectivity index (χ3v) is 8.60. The molecule has 0 spiro atoms. The monoisotopic (exact) mass is 309 g/mol. The molecule has 0 fully saturated rings. The molecule has 0 atom stereocenters. The molecule has 2 aliphatic carbocycles. The Balaban J connectivity index is 2.10. The van der Waals surface area contributed by atoms with E-state index in [0.29, 0.717) is 0 Å². The Morgan fingerprint density at radius 2 is 1.10 bits per heavy atom. The van der Waals surface area contributed by atoms with Gasteiger partial charge < -0.3 is 0 Å². The fraction of sp³-hybridized carbons (Fsp3) is 0.125. The number of hydrogen-bond donors (Lipinski definition) is 0. The average Bonchev–Trinajstić information content (AvgIpc) is 3.07. The van der Waals surface area contributed by atoms with E-state index in [1.807, 2.05) is 48.6 Å². The van der Waals surface area contributed by atoms with E-state index in [4.69, 9.17) is 0 Å². The summed E-state index contributed by atoms with van der Waals surface area (Å²) < 4.78 is 41.6. The molecule has 0 aliphatic heterocycles. The van der Waals surface area contributed by atoms with Crippen molar-refractivity contribution in [3.8, 4) is 0 Å². The topological polar surface area (TPSA) is 0 Å². The molecule has 101 valence electrons. The number of hydrogen-bond acceptors (Lipinski definition) is 0. The van der Waals surface area contributed by atoms with Gasteiger partial charge in [-0.05, 0) is 0 Å². The first-order valence-corrected chi connectivity index (χ1v) is 8.97. The van der Waals surface area contributed by atoms with Crippen molar-refractivity contribution in [2.24, 2.45) is 0 Å². The molecule has 0 saturated heterocycles. The average molecular weight is 309 g/mol. The van der Waals surface area contributed by atoms with Crippen LogP contribution >= 0.6 is 0 Å². The molecule has 0 amide bonds. The second-order valence-electron chi connectivity index (χ2n) is 4.79. The van der Waals surface area contributed by atoms with Crippen LogP contribution in [-0.2, 0) is 17.9 Å². The summed E-state index contributed by atoms with van der Waals surface area (Å²) in [5, 5.41) is 0. The predicted octanol–water partition coefficient (Wildman–Crippen LogP) is 4.18. The van der Waals surface area contributed by atoms with Gasteiger partial charge in [0.15, 0.2) is 0 Å². The van der Waals surface area contributed by atoms with E-state index >= 15 is 0 Å². The SMILES string of the molecule is Fc1cc(F)[c]([Ti]([CH]2C=CC=C2)[CH]2C=CC=C2)c(F)c1. The summed E-state index contributed by atoms with van der Waals surface area (Å²) in [6, 6.07) is 1.58. The predicted molar refractivity (Wildman–Crippen MR) is 70.0 cm³/mol. The maximum absolute atomic E-state index is 14.1. The Morgan fingerprint density at radius 3 is 1.50 bits per heavy atom. The molecule has 1 aromatic carbocycles. The van der Waals surface area contributed by atoms with Crippen LogP contribution in [0, 0.1) is 17.5 Å². The van der Waals surface area contributed by atoms with Gasteiger partial charge in [-0.2, -0.15) is 0 Å². The Morgan fingerprint density at radius 1 is 0.700 bits per heavy atom. The van der Waals surface area contributed by atoms with E-state index in [2.05, 4.69) is 0 Å². The van der Waals surface area contributed by atoms with E-state index in [1.165, 1.54) is 0 Å². The number of halogens is 3. The van der Waals surface area contributed by atoms with Gasteiger partial charge in [0.1, 0.15) is 0 Å². The molecule has 3 rings (SSSR count). The molecule has 1 aromatic rings. The van der Waals surface area contributed by atoms with Crippen molar-refractivity contribution in [1.29, 1.82) is 0 Å². The van der Waals surface area contributed by atoms with Crippen molar-refractivity contribution in [3.05, 3.63) is 78.2 Å². The summed E-state index contributed by atoms with van der Waals surface area (Å²) >= 11 is -2.39. The van der Waals surface area contributed by atoms with E-state index in [-0.39, 0.29) is 12.3 Å². The van der Waals surface area contributed by atoms with Gasteiger partial charge in [0.25, 0.3) is 0 Å². The number of rotatable bonds is 3. The summed E-state index contributed by atoms with van der Waals surface area (Å²) in [7, 11) is 0. The molecule has 0 aromatic heterocycles. The molecule has 2 aliphatic rings. The molecule has 0 nitrogen and oxygen atoms in total. The molecule has 4 heteroatoms. The first-order valence-electron chi connectivity index (χ1n) is 6.38. The van der Waals surface area contributed by atoms with Crippen molar-refractivity contribution < 1.29 is 31.0 Å². The third kappa shape index (κ3) is 2.48. The first-order chi connectivity index (χ1) is 9.66. The summed E-state index contributed by atoms with van der Waals surface area (Å²) in [5.41, 5.74) is 0. The van der Waals surface area contributed by atoms with Gasteiger partial charge in [-0.15, -0.1) is 0 Å². The standard InChI is InChI=1S/C6H2F3.2C5H5.Ti/c7-4-1-5(8)3-6(9)2-4;2*1-2-4-5-3-1;/h1-2H;2*1-5H;. The van der Waals surface area contributed by atoms with E-state index < -0.39 is 35.3 Å². The van der Waals surface area contributed by atoms with Gasteiger partial charge in [0, 0.05) is 0 Å². The Labute approximate surface area is 121 Å². The van der Waals surface area contributed by atoms with Gasteiger partial charge >= 0.3 is 122 Å². The minimum atomic E-state index is -2.39. The molecular weight excluding hydrogens is 297 g/mol. The summed E-state index contributed by atoms with van der Waals surface area (Å²) in [6.07, 6.45) is 15.5. The molecular formula is C16H12F3Ti. The van der Waals surface area contributed by atoms with Crippen molar-refractivity contribution in [2.45, 2.75) is 8.45 Å². The van der Waals surface area contributed by atoms with Gasteiger partial charge in [-0.3, -0.25) is 0 Å². The van der Waals surface area contributed by atoms with Crippen molar-refractivity contribution in [3.63, 3.8) is 0 Å².